The standard InChI is InChI=1S/C16H17IN2O3S2/c17-13-3-5-14(6-4-13)18-16(20)12-7-9-19(10-8-12)24(21,22)15-2-1-11-23-15/h1-6,11-12H,7-10H2,(H,18,20). The molecule has 0 spiro atoms. The van der Waals surface area contributed by atoms with E-state index in [-0.39, 0.29) is 11.8 Å². The lowest BCUT2D eigenvalue weighted by atomic mass is 9.97. The number of carbonyl (C=O) groups excluding carboxylic acids is 1. The number of anilines is 1. The van der Waals surface area contributed by atoms with Gasteiger partial charge in [0, 0.05) is 28.3 Å². The molecule has 8 heteroatoms. The van der Waals surface area contributed by atoms with Gasteiger partial charge in [0.25, 0.3) is 10.0 Å². The number of piperidine rings is 1. The summed E-state index contributed by atoms with van der Waals surface area (Å²) in [4.78, 5) is 12.4. The van der Waals surface area contributed by atoms with Gasteiger partial charge in [-0.25, -0.2) is 8.42 Å². The van der Waals surface area contributed by atoms with Gasteiger partial charge in [-0.3, -0.25) is 4.79 Å². The quantitative estimate of drug-likeness (QED) is 0.689. The summed E-state index contributed by atoms with van der Waals surface area (Å²) < 4.78 is 27.9. The van der Waals surface area contributed by atoms with Crippen LogP contribution < -0.4 is 5.32 Å². The average molecular weight is 476 g/mol. The zero-order valence-electron chi connectivity index (χ0n) is 12.8. The molecule has 24 heavy (non-hydrogen) atoms. The minimum atomic E-state index is -3.41. The number of benzene rings is 1. The fraction of sp³-hybridized carbons (Fsp3) is 0.312. The summed E-state index contributed by atoms with van der Waals surface area (Å²) in [6.07, 6.45) is 1.08. The Morgan fingerprint density at radius 1 is 1.17 bits per heavy atom. The first-order chi connectivity index (χ1) is 11.5. The van der Waals surface area contributed by atoms with Gasteiger partial charge in [0.15, 0.2) is 0 Å². The summed E-state index contributed by atoms with van der Waals surface area (Å²) in [5.74, 6) is -0.191. The Labute approximate surface area is 159 Å². The van der Waals surface area contributed by atoms with Crippen molar-refractivity contribution in [1.82, 2.24) is 4.31 Å². The van der Waals surface area contributed by atoms with Gasteiger partial charge in [0.1, 0.15) is 4.21 Å². The number of nitrogens with zero attached hydrogens (tertiary/aromatic N) is 1. The Hall–Kier alpha value is -0.970. The predicted octanol–water partition coefficient (Wildman–Crippen LogP) is 3.39. The molecule has 1 aromatic heterocycles. The maximum Gasteiger partial charge on any atom is 0.252 e. The fourth-order valence-electron chi connectivity index (χ4n) is 2.67. The van der Waals surface area contributed by atoms with Gasteiger partial charge in [-0.1, -0.05) is 6.07 Å². The highest BCUT2D eigenvalue weighted by Gasteiger charge is 2.32. The van der Waals surface area contributed by atoms with E-state index in [4.69, 9.17) is 0 Å². The summed E-state index contributed by atoms with van der Waals surface area (Å²) in [5.41, 5.74) is 0.772. The topological polar surface area (TPSA) is 66.5 Å². The van der Waals surface area contributed by atoms with Crippen molar-refractivity contribution in [1.29, 1.82) is 0 Å². The number of rotatable bonds is 4. The number of amides is 1. The van der Waals surface area contributed by atoms with Crippen molar-refractivity contribution in [2.45, 2.75) is 17.1 Å². The van der Waals surface area contributed by atoms with Crippen LogP contribution in [0, 0.1) is 9.49 Å². The molecule has 1 saturated heterocycles. The number of nitrogens with one attached hydrogen (secondary N) is 1. The third-order valence-electron chi connectivity index (χ3n) is 4.03. The molecular weight excluding hydrogens is 459 g/mol. The van der Waals surface area contributed by atoms with Crippen LogP contribution in [0.5, 0.6) is 0 Å². The first-order valence-corrected chi connectivity index (χ1v) is 11.0. The van der Waals surface area contributed by atoms with Gasteiger partial charge in [-0.05, 0) is 71.1 Å². The first kappa shape index (κ1) is 17.8. The Bertz CT molecular complexity index is 796. The predicted molar refractivity (Wildman–Crippen MR) is 104 cm³/mol. The molecule has 3 rings (SSSR count). The lowest BCUT2D eigenvalue weighted by Crippen LogP contribution is -2.41. The highest BCUT2D eigenvalue weighted by molar-refractivity contribution is 14.1. The number of sulfonamides is 1. The average Bonchev–Trinajstić information content (AvgIpc) is 3.12. The van der Waals surface area contributed by atoms with Crippen molar-refractivity contribution in [2.24, 2.45) is 5.92 Å². The van der Waals surface area contributed by atoms with Gasteiger partial charge < -0.3 is 5.32 Å². The summed E-state index contributed by atoms with van der Waals surface area (Å²) in [7, 11) is -3.41. The van der Waals surface area contributed by atoms with Crippen LogP contribution in [-0.2, 0) is 14.8 Å². The molecule has 128 valence electrons. The van der Waals surface area contributed by atoms with Crippen molar-refractivity contribution < 1.29 is 13.2 Å². The van der Waals surface area contributed by atoms with Crippen molar-refractivity contribution in [2.75, 3.05) is 18.4 Å². The normalized spacial score (nSPS) is 16.9. The van der Waals surface area contributed by atoms with Crippen LogP contribution in [-0.4, -0.2) is 31.7 Å². The second-order valence-corrected chi connectivity index (χ2v) is 9.96. The van der Waals surface area contributed by atoms with Crippen LogP contribution in [0.1, 0.15) is 12.8 Å². The molecule has 1 aromatic carbocycles. The van der Waals surface area contributed by atoms with E-state index in [9.17, 15) is 13.2 Å². The number of carbonyl (C=O) groups is 1. The molecule has 2 heterocycles. The zero-order chi connectivity index (χ0) is 17.2. The molecule has 1 aliphatic heterocycles. The molecule has 0 radical (unpaired) electrons. The van der Waals surface area contributed by atoms with Crippen molar-refractivity contribution in [3.05, 3.63) is 45.3 Å². The maximum absolute atomic E-state index is 12.5. The Morgan fingerprint density at radius 2 is 1.83 bits per heavy atom. The molecule has 1 N–H and O–H groups in total. The van der Waals surface area contributed by atoms with Crippen LogP contribution in [0.4, 0.5) is 5.69 Å². The van der Waals surface area contributed by atoms with Crippen molar-refractivity contribution in [3.8, 4) is 0 Å². The first-order valence-electron chi connectivity index (χ1n) is 7.57. The molecule has 0 saturated carbocycles. The van der Waals surface area contributed by atoms with E-state index < -0.39 is 10.0 Å². The van der Waals surface area contributed by atoms with E-state index in [1.54, 1.807) is 17.5 Å². The van der Waals surface area contributed by atoms with Gasteiger partial charge in [0.05, 0.1) is 0 Å². The van der Waals surface area contributed by atoms with E-state index in [1.807, 2.05) is 24.3 Å². The summed E-state index contributed by atoms with van der Waals surface area (Å²) in [5, 5.41) is 4.67. The monoisotopic (exact) mass is 476 g/mol. The molecule has 0 aliphatic carbocycles. The molecule has 2 aromatic rings. The highest BCUT2D eigenvalue weighted by Crippen LogP contribution is 2.27. The minimum Gasteiger partial charge on any atom is -0.326 e. The van der Waals surface area contributed by atoms with Gasteiger partial charge >= 0.3 is 0 Å². The number of halogens is 1. The molecule has 0 atom stereocenters. The Kier molecular flexibility index (Phi) is 5.58. The van der Waals surface area contributed by atoms with Crippen LogP contribution in [0.3, 0.4) is 0 Å². The maximum atomic E-state index is 12.5. The minimum absolute atomic E-state index is 0.0376. The summed E-state index contributed by atoms with van der Waals surface area (Å²) in [6, 6.07) is 11.0. The second-order valence-electron chi connectivity index (χ2n) is 5.61. The van der Waals surface area contributed by atoms with Gasteiger partial charge in [-0.2, -0.15) is 4.31 Å². The smallest absolute Gasteiger partial charge is 0.252 e. The van der Waals surface area contributed by atoms with E-state index in [0.29, 0.717) is 30.1 Å². The summed E-state index contributed by atoms with van der Waals surface area (Å²) >= 11 is 3.44. The highest BCUT2D eigenvalue weighted by atomic mass is 127. The Morgan fingerprint density at radius 3 is 2.42 bits per heavy atom. The van der Waals surface area contributed by atoms with E-state index in [0.717, 1.165) is 9.26 Å². The van der Waals surface area contributed by atoms with Crippen LogP contribution in [0.15, 0.2) is 46.0 Å². The third kappa shape index (κ3) is 3.98. The van der Waals surface area contributed by atoms with Gasteiger partial charge in [-0.15, -0.1) is 11.3 Å². The Balaban J connectivity index is 1.58. The SMILES string of the molecule is O=C(Nc1ccc(I)cc1)C1CCN(S(=O)(=O)c2cccs2)CC1. The van der Waals surface area contributed by atoms with Crippen molar-refractivity contribution >= 4 is 55.5 Å². The van der Waals surface area contributed by atoms with Crippen LogP contribution >= 0.6 is 33.9 Å². The molecule has 1 aliphatic rings. The molecular formula is C16H17IN2O3S2. The third-order valence-corrected chi connectivity index (χ3v) is 8.02. The largest absolute Gasteiger partial charge is 0.326 e. The molecule has 0 unspecified atom stereocenters. The zero-order valence-corrected chi connectivity index (χ0v) is 16.6. The van der Waals surface area contributed by atoms with Crippen LogP contribution in [0.25, 0.3) is 0 Å². The lowest BCUT2D eigenvalue weighted by molar-refractivity contribution is -0.120. The molecule has 1 amide bonds. The van der Waals surface area contributed by atoms with E-state index in [1.165, 1.54) is 15.6 Å². The van der Waals surface area contributed by atoms with Crippen molar-refractivity contribution in [3.63, 3.8) is 0 Å². The summed E-state index contributed by atoms with van der Waals surface area (Å²) in [6.45, 7) is 0.760. The second kappa shape index (κ2) is 7.51. The van der Waals surface area contributed by atoms with Gasteiger partial charge in [0.2, 0.25) is 5.91 Å². The molecule has 0 bridgehead atoms. The van der Waals surface area contributed by atoms with Crippen LogP contribution in [0.2, 0.25) is 0 Å². The number of thiophene rings is 1. The molecule has 1 fully saturated rings. The molecule has 5 nitrogen and oxygen atoms in total. The van der Waals surface area contributed by atoms with E-state index >= 15 is 0 Å². The fourth-order valence-corrected chi connectivity index (χ4v) is 5.65. The lowest BCUT2D eigenvalue weighted by Gasteiger charge is -2.30. The number of hydrogen-bond acceptors (Lipinski definition) is 4. The number of hydrogen-bond donors (Lipinski definition) is 1. The van der Waals surface area contributed by atoms with E-state index in [2.05, 4.69) is 27.9 Å².